The van der Waals surface area contributed by atoms with Crippen molar-refractivity contribution in [2.24, 2.45) is 0 Å². The van der Waals surface area contributed by atoms with E-state index in [0.29, 0.717) is 0 Å². The van der Waals surface area contributed by atoms with E-state index in [1.165, 1.54) is 33.6 Å². The summed E-state index contributed by atoms with van der Waals surface area (Å²) in [5, 5.41) is 2.62. The number of aromatic nitrogens is 1. The molecular formula is C20H23NO3S. The van der Waals surface area contributed by atoms with Crippen LogP contribution in [0, 0.1) is 0 Å². The van der Waals surface area contributed by atoms with Crippen LogP contribution in [0.25, 0.3) is 21.8 Å². The van der Waals surface area contributed by atoms with Gasteiger partial charge in [-0.2, -0.15) is 0 Å². The number of aryl methyl sites for hydroxylation is 1. The van der Waals surface area contributed by atoms with Gasteiger partial charge in [0, 0.05) is 42.1 Å². The average molecular weight is 357 g/mol. The van der Waals surface area contributed by atoms with Gasteiger partial charge in [0.15, 0.2) is 5.12 Å². The molecule has 0 saturated heterocycles. The highest BCUT2D eigenvalue weighted by molar-refractivity contribution is 8.13. The van der Waals surface area contributed by atoms with E-state index in [1.54, 1.807) is 21.1 Å². The largest absolute Gasteiger partial charge is 0.497 e. The summed E-state index contributed by atoms with van der Waals surface area (Å²) in [4.78, 5) is 11.1. The molecule has 0 fully saturated rings. The number of unbranched alkanes of at least 4 members (excludes halogenated alkanes) is 1. The summed E-state index contributed by atoms with van der Waals surface area (Å²) in [6.07, 6.45) is 2.03. The summed E-state index contributed by atoms with van der Waals surface area (Å²) < 4.78 is 13.1. The number of rotatable bonds is 7. The fraction of sp³-hybridized carbons (Fsp3) is 0.350. The van der Waals surface area contributed by atoms with E-state index in [4.69, 9.17) is 9.47 Å². The number of benzene rings is 2. The van der Waals surface area contributed by atoms with Crippen LogP contribution in [0.4, 0.5) is 0 Å². The van der Waals surface area contributed by atoms with Crippen LogP contribution in [0.15, 0.2) is 36.4 Å². The van der Waals surface area contributed by atoms with Crippen LogP contribution < -0.4 is 9.47 Å². The second kappa shape index (κ2) is 7.83. The molecule has 2 aromatic carbocycles. The first-order valence-electron chi connectivity index (χ1n) is 8.41. The molecule has 5 heteroatoms. The van der Waals surface area contributed by atoms with Gasteiger partial charge in [-0.15, -0.1) is 0 Å². The Hall–Kier alpha value is -2.14. The Morgan fingerprint density at radius 3 is 2.00 bits per heavy atom. The minimum Gasteiger partial charge on any atom is -0.497 e. The Balaban J connectivity index is 1.97. The van der Waals surface area contributed by atoms with Gasteiger partial charge in [0.25, 0.3) is 0 Å². The van der Waals surface area contributed by atoms with Gasteiger partial charge in [-0.25, -0.2) is 0 Å². The highest BCUT2D eigenvalue weighted by atomic mass is 32.2. The van der Waals surface area contributed by atoms with Crippen LogP contribution in [0.3, 0.4) is 0 Å². The van der Waals surface area contributed by atoms with Crippen LogP contribution in [-0.2, 0) is 11.3 Å². The fourth-order valence-electron chi connectivity index (χ4n) is 3.14. The van der Waals surface area contributed by atoms with E-state index in [9.17, 15) is 4.79 Å². The summed E-state index contributed by atoms with van der Waals surface area (Å²) in [7, 11) is 3.38. The number of carbonyl (C=O) groups excluding carboxylic acids is 1. The monoisotopic (exact) mass is 357 g/mol. The minimum atomic E-state index is 0.186. The van der Waals surface area contributed by atoms with Crippen LogP contribution in [0.2, 0.25) is 0 Å². The summed E-state index contributed by atoms with van der Waals surface area (Å²) in [6.45, 7) is 2.52. The van der Waals surface area contributed by atoms with Gasteiger partial charge in [0.05, 0.1) is 25.3 Å². The van der Waals surface area contributed by atoms with Crippen molar-refractivity contribution in [3.63, 3.8) is 0 Å². The smallest absolute Gasteiger partial charge is 0.185 e. The third kappa shape index (κ3) is 3.76. The van der Waals surface area contributed by atoms with Crippen LogP contribution in [0.5, 0.6) is 11.5 Å². The summed E-state index contributed by atoms with van der Waals surface area (Å²) >= 11 is 1.40. The number of thioether (sulfide) groups is 1. The predicted molar refractivity (Wildman–Crippen MR) is 105 cm³/mol. The summed E-state index contributed by atoms with van der Waals surface area (Å²) in [6, 6.07) is 12.4. The highest BCUT2D eigenvalue weighted by Crippen LogP contribution is 2.34. The normalized spacial score (nSPS) is 11.2. The lowest BCUT2D eigenvalue weighted by molar-refractivity contribution is -0.109. The molecule has 4 nitrogen and oxygen atoms in total. The first kappa shape index (κ1) is 17.7. The van der Waals surface area contributed by atoms with Gasteiger partial charge >= 0.3 is 0 Å². The quantitative estimate of drug-likeness (QED) is 0.566. The molecule has 3 aromatic rings. The van der Waals surface area contributed by atoms with Gasteiger partial charge in [0.2, 0.25) is 0 Å². The van der Waals surface area contributed by atoms with Crippen molar-refractivity contribution in [2.45, 2.75) is 26.3 Å². The zero-order valence-corrected chi connectivity index (χ0v) is 15.7. The van der Waals surface area contributed by atoms with E-state index in [-0.39, 0.29) is 5.12 Å². The van der Waals surface area contributed by atoms with Crippen LogP contribution in [0.1, 0.15) is 19.8 Å². The number of hydrogen-bond donors (Lipinski definition) is 0. The lowest BCUT2D eigenvalue weighted by atomic mass is 10.1. The molecule has 0 unspecified atom stereocenters. The SMILES string of the molecule is COc1ccc2c3ccc(OC)cc3n(CCCCSC(C)=O)c2c1. The van der Waals surface area contributed by atoms with Crippen LogP contribution >= 0.6 is 11.8 Å². The van der Waals surface area contributed by atoms with E-state index in [1.807, 2.05) is 12.1 Å². The number of fused-ring (bicyclic) bond motifs is 3. The van der Waals surface area contributed by atoms with Crippen molar-refractivity contribution in [2.75, 3.05) is 20.0 Å². The number of carbonyl (C=O) groups is 1. The summed E-state index contributed by atoms with van der Waals surface area (Å²) in [5.74, 6) is 2.59. The molecule has 0 atom stereocenters. The fourth-order valence-corrected chi connectivity index (χ4v) is 3.77. The third-order valence-electron chi connectivity index (χ3n) is 4.36. The molecule has 0 spiro atoms. The molecule has 132 valence electrons. The number of ether oxygens (including phenoxy) is 2. The zero-order chi connectivity index (χ0) is 17.8. The average Bonchev–Trinajstić information content (AvgIpc) is 2.93. The van der Waals surface area contributed by atoms with E-state index < -0.39 is 0 Å². The molecular weight excluding hydrogens is 334 g/mol. The van der Waals surface area contributed by atoms with Gasteiger partial charge in [-0.05, 0) is 37.1 Å². The minimum absolute atomic E-state index is 0.186. The maximum absolute atomic E-state index is 11.1. The van der Waals surface area contributed by atoms with E-state index in [0.717, 1.165) is 36.6 Å². The first-order valence-corrected chi connectivity index (χ1v) is 9.40. The standard InChI is InChI=1S/C20H23NO3S/c1-14(22)25-11-5-4-10-21-19-12-15(23-2)6-8-17(19)18-9-7-16(24-3)13-20(18)21/h6-9,12-13H,4-5,10-11H2,1-3H3. The zero-order valence-electron chi connectivity index (χ0n) is 14.9. The molecule has 0 N–H and O–H groups in total. The summed E-state index contributed by atoms with van der Waals surface area (Å²) in [5.41, 5.74) is 2.34. The van der Waals surface area contributed by atoms with E-state index in [2.05, 4.69) is 28.8 Å². The number of methoxy groups -OCH3 is 2. The van der Waals surface area contributed by atoms with Crippen LogP contribution in [-0.4, -0.2) is 29.7 Å². The lowest BCUT2D eigenvalue weighted by Crippen LogP contribution is -1.99. The molecule has 0 radical (unpaired) electrons. The van der Waals surface area contributed by atoms with Crippen molar-refractivity contribution >= 4 is 38.7 Å². The van der Waals surface area contributed by atoms with E-state index >= 15 is 0 Å². The maximum Gasteiger partial charge on any atom is 0.185 e. The Morgan fingerprint density at radius 2 is 1.52 bits per heavy atom. The van der Waals surface area contributed by atoms with Gasteiger partial charge in [0.1, 0.15) is 11.5 Å². The second-order valence-corrected chi connectivity index (χ2v) is 7.24. The van der Waals surface area contributed by atoms with Gasteiger partial charge in [-0.3, -0.25) is 4.79 Å². The number of hydrogen-bond acceptors (Lipinski definition) is 4. The number of nitrogens with zero attached hydrogens (tertiary/aromatic N) is 1. The molecule has 0 aliphatic heterocycles. The molecule has 0 bridgehead atoms. The third-order valence-corrected chi connectivity index (χ3v) is 5.26. The highest BCUT2D eigenvalue weighted by Gasteiger charge is 2.12. The molecule has 3 rings (SSSR count). The molecule has 25 heavy (non-hydrogen) atoms. The first-order chi connectivity index (χ1) is 12.1. The topological polar surface area (TPSA) is 40.5 Å². The molecule has 0 aliphatic rings. The molecule has 0 amide bonds. The molecule has 1 heterocycles. The Morgan fingerprint density at radius 1 is 0.960 bits per heavy atom. The Labute approximate surface area is 152 Å². The maximum atomic E-state index is 11.1. The Bertz CT molecular complexity index is 839. The van der Waals surface area contributed by atoms with Crippen molar-refractivity contribution in [1.82, 2.24) is 4.57 Å². The Kier molecular flexibility index (Phi) is 5.53. The van der Waals surface area contributed by atoms with Crippen molar-refractivity contribution < 1.29 is 14.3 Å². The van der Waals surface area contributed by atoms with Crippen molar-refractivity contribution in [1.29, 1.82) is 0 Å². The molecule has 1 aromatic heterocycles. The molecule has 0 saturated carbocycles. The molecule has 0 aliphatic carbocycles. The van der Waals surface area contributed by atoms with Crippen molar-refractivity contribution in [3.05, 3.63) is 36.4 Å². The van der Waals surface area contributed by atoms with Gasteiger partial charge < -0.3 is 14.0 Å². The lowest BCUT2D eigenvalue weighted by Gasteiger charge is -2.09. The second-order valence-electron chi connectivity index (χ2n) is 5.96. The predicted octanol–water partition coefficient (Wildman–Crippen LogP) is 4.87. The van der Waals surface area contributed by atoms with Gasteiger partial charge in [-0.1, -0.05) is 11.8 Å². The van der Waals surface area contributed by atoms with Crippen molar-refractivity contribution in [3.8, 4) is 11.5 Å².